The summed E-state index contributed by atoms with van der Waals surface area (Å²) in [5.41, 5.74) is 3.68. The maximum absolute atomic E-state index is 12.8. The normalized spacial score (nSPS) is 19.1. The van der Waals surface area contributed by atoms with E-state index in [1.165, 1.54) is 82.4 Å². The molecule has 1 amide bonds. The zero-order valence-electron chi connectivity index (χ0n) is 24.3. The van der Waals surface area contributed by atoms with Crippen LogP contribution in [0.3, 0.4) is 0 Å². The second kappa shape index (κ2) is 18.7. The van der Waals surface area contributed by atoms with E-state index in [9.17, 15) is 9.59 Å². The van der Waals surface area contributed by atoms with Crippen LogP contribution < -0.4 is 10.2 Å². The fraction of sp³-hybridized carbons (Fsp3) is 0.700. The molecule has 1 saturated heterocycles. The maximum atomic E-state index is 12.8. The van der Waals surface area contributed by atoms with Gasteiger partial charge in [-0.25, -0.2) is 0 Å². The Morgan fingerprint density at radius 3 is 2.00 bits per heavy atom. The molecule has 3 aliphatic rings. The van der Waals surface area contributed by atoms with Crippen LogP contribution in [-0.2, 0) is 30.3 Å². The van der Waals surface area contributed by atoms with Crippen LogP contribution in [0.15, 0.2) is 18.2 Å². The molecule has 2 saturated carbocycles. The van der Waals surface area contributed by atoms with Crippen LogP contribution in [0.4, 0.5) is 5.69 Å². The van der Waals surface area contributed by atoms with E-state index in [1.807, 2.05) is 4.90 Å². The summed E-state index contributed by atoms with van der Waals surface area (Å²) in [7, 11) is 11.0. The second-order valence-electron chi connectivity index (χ2n) is 11.3. The molecule has 9 heteroatoms. The monoisotopic (exact) mass is 674 g/mol. The van der Waals surface area contributed by atoms with Gasteiger partial charge in [0, 0.05) is 11.7 Å². The molecule has 1 heterocycles. The predicted molar refractivity (Wildman–Crippen MR) is 159 cm³/mol. The van der Waals surface area contributed by atoms with Gasteiger partial charge in [0.2, 0.25) is 5.91 Å². The summed E-state index contributed by atoms with van der Waals surface area (Å²) in [6.07, 6.45) is 12.7. The molecule has 1 aromatic carbocycles. The second-order valence-corrected chi connectivity index (χ2v) is 13.6. The van der Waals surface area contributed by atoms with Gasteiger partial charge in [-0.05, 0) is 54.7 Å². The van der Waals surface area contributed by atoms with Gasteiger partial charge in [-0.3, -0.25) is 9.59 Å². The average molecular weight is 676 g/mol. The van der Waals surface area contributed by atoms with Crippen LogP contribution in [0.25, 0.3) is 0 Å². The summed E-state index contributed by atoms with van der Waals surface area (Å²) in [6, 6.07) is 7.57. The summed E-state index contributed by atoms with van der Waals surface area (Å²) >= 11 is -0.106. The van der Waals surface area contributed by atoms with Crippen molar-refractivity contribution >= 4 is 36.6 Å². The summed E-state index contributed by atoms with van der Waals surface area (Å²) in [5.74, 6) is 0.864. The van der Waals surface area contributed by atoms with Gasteiger partial charge in [-0.2, -0.15) is 6.67 Å². The van der Waals surface area contributed by atoms with Gasteiger partial charge in [0.1, 0.15) is 0 Å². The molecule has 0 bridgehead atoms. The topological polar surface area (TPSA) is 61.9 Å². The molecule has 6 nitrogen and oxygen atoms in total. The van der Waals surface area contributed by atoms with Crippen molar-refractivity contribution in [2.75, 3.05) is 25.1 Å². The third-order valence-corrected chi connectivity index (χ3v) is 7.85. The minimum atomic E-state index is -0.166. The van der Waals surface area contributed by atoms with Gasteiger partial charge >= 0.3 is 41.0 Å². The molecule has 1 aliphatic heterocycles. The van der Waals surface area contributed by atoms with Crippen molar-refractivity contribution in [3.63, 3.8) is 0 Å². The zero-order chi connectivity index (χ0) is 28.8. The summed E-state index contributed by atoms with van der Waals surface area (Å²) in [5, 5.41) is 3.20. The van der Waals surface area contributed by atoms with E-state index in [2.05, 4.69) is 67.5 Å². The number of methoxy groups -OCH3 is 1. The molecule has 1 N–H and O–H groups in total. The SMILES string of the molecule is CC(C)c1cccc(C(C)C)c1N1[CH-]N(C2CCCCC2)CC1=O.COC(=O)CNC1CCCCC1.[Cl][Pd][Cl]. The summed E-state index contributed by atoms with van der Waals surface area (Å²) in [4.78, 5) is 27.8. The quantitative estimate of drug-likeness (QED) is 0.184. The number of anilines is 1. The van der Waals surface area contributed by atoms with Crippen molar-refractivity contribution in [2.24, 2.45) is 0 Å². The molecule has 0 spiro atoms. The number of rotatable bonds is 7. The number of esters is 1. The molecule has 3 fully saturated rings. The number of halogens is 2. The molecular weight excluding hydrogens is 628 g/mol. The van der Waals surface area contributed by atoms with E-state index in [0.29, 0.717) is 37.0 Å². The number of carbonyl (C=O) groups excluding carboxylic acids is 2. The van der Waals surface area contributed by atoms with E-state index >= 15 is 0 Å². The Labute approximate surface area is 253 Å². The Morgan fingerprint density at radius 1 is 1.00 bits per heavy atom. The number of para-hydroxylation sites is 1. The molecular formula is C30H48Cl2N3O3Pd-. The van der Waals surface area contributed by atoms with Crippen molar-refractivity contribution in [3.05, 3.63) is 36.0 Å². The van der Waals surface area contributed by atoms with E-state index in [0.717, 1.165) is 5.69 Å². The zero-order valence-corrected chi connectivity index (χ0v) is 27.4. The van der Waals surface area contributed by atoms with E-state index in [-0.39, 0.29) is 27.8 Å². The summed E-state index contributed by atoms with van der Waals surface area (Å²) < 4.78 is 4.54. The van der Waals surface area contributed by atoms with E-state index < -0.39 is 0 Å². The fourth-order valence-electron chi connectivity index (χ4n) is 5.70. The molecule has 0 aromatic heterocycles. The van der Waals surface area contributed by atoms with Gasteiger partial charge in [0.05, 0.1) is 20.2 Å². The first-order valence-corrected chi connectivity index (χ1v) is 18.4. The Hall–Kier alpha value is -0.678. The molecule has 39 heavy (non-hydrogen) atoms. The Kier molecular flexibility index (Phi) is 16.5. The van der Waals surface area contributed by atoms with Crippen molar-refractivity contribution in [1.29, 1.82) is 0 Å². The van der Waals surface area contributed by atoms with Crippen molar-refractivity contribution in [1.82, 2.24) is 10.2 Å². The molecule has 226 valence electrons. The fourth-order valence-corrected chi connectivity index (χ4v) is 5.70. The molecule has 0 radical (unpaired) electrons. The molecule has 2 aliphatic carbocycles. The van der Waals surface area contributed by atoms with Gasteiger partial charge in [0.15, 0.2) is 0 Å². The standard InChI is InChI=1S/C21H31N2O.C9H17NO2.2ClH.Pd/c1-15(2)18-11-8-12-19(16(3)4)21(18)23-14-22(13-20(23)24)17-9-6-5-7-10-17;1-12-9(11)7-10-8-5-3-2-4-6-8;;;/h8,11-12,14-17H,5-7,9-10,13H2,1-4H3;8,10H,2-7H2,1H3;2*1H;/q-1;;;;+2/p-2. The number of nitrogens with one attached hydrogen (secondary N) is 1. The summed E-state index contributed by atoms with van der Waals surface area (Å²) in [6.45, 7) is 11.8. The molecule has 0 unspecified atom stereocenters. The van der Waals surface area contributed by atoms with Crippen molar-refractivity contribution in [2.45, 2.75) is 116 Å². The molecule has 4 rings (SSSR count). The number of carbonyl (C=O) groups is 2. The van der Waals surface area contributed by atoms with Crippen LogP contribution in [0.1, 0.15) is 115 Å². The van der Waals surface area contributed by atoms with Crippen molar-refractivity contribution in [3.8, 4) is 0 Å². The Morgan fingerprint density at radius 2 is 1.51 bits per heavy atom. The van der Waals surface area contributed by atoms with Crippen LogP contribution >= 0.6 is 19.1 Å². The van der Waals surface area contributed by atoms with Gasteiger partial charge in [0.25, 0.3) is 0 Å². The van der Waals surface area contributed by atoms with Gasteiger partial charge < -0.3 is 19.9 Å². The first-order chi connectivity index (χ1) is 18.7. The number of nitrogens with zero attached hydrogens (tertiary/aromatic N) is 2. The predicted octanol–water partition coefficient (Wildman–Crippen LogP) is 7.49. The van der Waals surface area contributed by atoms with Crippen LogP contribution in [0.5, 0.6) is 0 Å². The third-order valence-electron chi connectivity index (χ3n) is 7.85. The number of hydrogen-bond donors (Lipinski definition) is 1. The van der Waals surface area contributed by atoms with Gasteiger partial charge in [-0.1, -0.05) is 84.4 Å². The molecule has 0 atom stereocenters. The number of hydrogen-bond acceptors (Lipinski definition) is 5. The molecule has 1 aromatic rings. The Bertz CT molecular complexity index is 849. The average Bonchev–Trinajstić information content (AvgIpc) is 3.34. The third kappa shape index (κ3) is 11.3. The van der Waals surface area contributed by atoms with Crippen LogP contribution in [-0.4, -0.2) is 49.1 Å². The first-order valence-electron chi connectivity index (χ1n) is 14.4. The van der Waals surface area contributed by atoms with E-state index in [1.54, 1.807) is 0 Å². The first kappa shape index (κ1) is 34.5. The number of ether oxygens (including phenoxy) is 1. The van der Waals surface area contributed by atoms with Gasteiger partial charge in [-0.15, -0.1) is 0 Å². The van der Waals surface area contributed by atoms with Crippen molar-refractivity contribution < 1.29 is 30.3 Å². The van der Waals surface area contributed by atoms with E-state index in [4.69, 9.17) is 19.1 Å². The van der Waals surface area contributed by atoms with Crippen LogP contribution in [0.2, 0.25) is 0 Å². The van der Waals surface area contributed by atoms with Crippen LogP contribution in [0, 0.1) is 6.67 Å². The number of benzene rings is 1. The Balaban J connectivity index is 0.000000298. The minimum absolute atomic E-state index is 0.106. The number of amides is 1.